The summed E-state index contributed by atoms with van der Waals surface area (Å²) in [5.41, 5.74) is 7.54. The Kier molecular flexibility index (Phi) is 4.81. The Morgan fingerprint density at radius 2 is 2.13 bits per heavy atom. The fourth-order valence-electron chi connectivity index (χ4n) is 1.33. The van der Waals surface area contributed by atoms with Gasteiger partial charge in [-0.25, -0.2) is 0 Å². The van der Waals surface area contributed by atoms with Gasteiger partial charge in [0.2, 0.25) is 0 Å². The van der Waals surface area contributed by atoms with E-state index < -0.39 is 0 Å². The van der Waals surface area contributed by atoms with Crippen molar-refractivity contribution in [3.8, 4) is 5.75 Å². The summed E-state index contributed by atoms with van der Waals surface area (Å²) >= 11 is 0. The van der Waals surface area contributed by atoms with Crippen molar-refractivity contribution in [1.82, 2.24) is 0 Å². The van der Waals surface area contributed by atoms with E-state index in [0.717, 1.165) is 18.0 Å². The molecule has 0 bridgehead atoms. The first kappa shape index (κ1) is 11.7. The molecular formula is C12H20N2O. The summed E-state index contributed by atoms with van der Waals surface area (Å²) in [5, 5.41) is 3.34. The van der Waals surface area contributed by atoms with E-state index in [0.29, 0.717) is 12.3 Å². The lowest BCUT2D eigenvalue weighted by atomic mass is 10.2. The highest BCUT2D eigenvalue weighted by atomic mass is 16.5. The Morgan fingerprint density at radius 3 is 2.80 bits per heavy atom. The number of unbranched alkanes of at least 4 members (excludes halogenated alkanes) is 1. The highest BCUT2D eigenvalue weighted by molar-refractivity contribution is 5.61. The minimum Gasteiger partial charge on any atom is -0.492 e. The minimum atomic E-state index is 0.641. The first-order valence-corrected chi connectivity index (χ1v) is 5.54. The third-order valence-electron chi connectivity index (χ3n) is 2.17. The third-order valence-corrected chi connectivity index (χ3v) is 2.17. The van der Waals surface area contributed by atoms with E-state index in [-0.39, 0.29) is 0 Å². The molecule has 0 saturated carbocycles. The molecule has 15 heavy (non-hydrogen) atoms. The average Bonchev–Trinajstić information content (AvgIpc) is 2.23. The Bertz CT molecular complexity index is 300. The first-order valence-electron chi connectivity index (χ1n) is 5.54. The largest absolute Gasteiger partial charge is 0.492 e. The molecule has 0 radical (unpaired) electrons. The van der Waals surface area contributed by atoms with Gasteiger partial charge in [0.25, 0.3) is 0 Å². The van der Waals surface area contributed by atoms with Crippen molar-refractivity contribution in [2.24, 2.45) is 0 Å². The average molecular weight is 208 g/mol. The van der Waals surface area contributed by atoms with Crippen LogP contribution in [0.1, 0.15) is 26.7 Å². The Hall–Kier alpha value is -1.38. The summed E-state index contributed by atoms with van der Waals surface area (Å²) in [5.74, 6) is 0.763. The van der Waals surface area contributed by atoms with Gasteiger partial charge in [0.1, 0.15) is 5.75 Å². The molecule has 0 spiro atoms. The van der Waals surface area contributed by atoms with Gasteiger partial charge in [-0.1, -0.05) is 13.3 Å². The number of nitrogen functional groups attached to an aromatic ring is 1. The van der Waals surface area contributed by atoms with Gasteiger partial charge in [0, 0.05) is 18.3 Å². The number of rotatable bonds is 6. The standard InChI is InChI=1S/C12H20N2O/c1-3-5-8-14-10-6-7-11(13)12(9-10)15-4-2/h6-7,9,14H,3-5,8,13H2,1-2H3. The van der Waals surface area contributed by atoms with Crippen molar-refractivity contribution in [2.45, 2.75) is 26.7 Å². The lowest BCUT2D eigenvalue weighted by molar-refractivity contribution is 0.342. The third kappa shape index (κ3) is 3.70. The molecule has 0 amide bonds. The summed E-state index contributed by atoms with van der Waals surface area (Å²) in [6.45, 7) is 5.77. The van der Waals surface area contributed by atoms with Crippen LogP contribution < -0.4 is 15.8 Å². The van der Waals surface area contributed by atoms with Crippen molar-refractivity contribution in [1.29, 1.82) is 0 Å². The van der Waals surface area contributed by atoms with Gasteiger partial charge in [-0.2, -0.15) is 0 Å². The van der Waals surface area contributed by atoms with Crippen molar-refractivity contribution in [2.75, 3.05) is 24.2 Å². The Morgan fingerprint density at radius 1 is 1.33 bits per heavy atom. The topological polar surface area (TPSA) is 47.3 Å². The molecule has 1 rings (SSSR count). The molecule has 3 nitrogen and oxygen atoms in total. The van der Waals surface area contributed by atoms with E-state index in [1.165, 1.54) is 12.8 Å². The van der Waals surface area contributed by atoms with Crippen molar-refractivity contribution >= 4 is 11.4 Å². The lowest BCUT2D eigenvalue weighted by Gasteiger charge is -2.10. The lowest BCUT2D eigenvalue weighted by Crippen LogP contribution is -2.02. The number of benzene rings is 1. The van der Waals surface area contributed by atoms with E-state index in [2.05, 4.69) is 12.2 Å². The smallest absolute Gasteiger partial charge is 0.144 e. The number of hydrogen-bond donors (Lipinski definition) is 2. The van der Waals surface area contributed by atoms with Crippen molar-refractivity contribution in [3.05, 3.63) is 18.2 Å². The van der Waals surface area contributed by atoms with E-state index in [1.54, 1.807) is 0 Å². The highest BCUT2D eigenvalue weighted by Crippen LogP contribution is 2.25. The second-order valence-electron chi connectivity index (χ2n) is 3.47. The molecule has 0 atom stereocenters. The molecule has 0 saturated heterocycles. The fourth-order valence-corrected chi connectivity index (χ4v) is 1.33. The van der Waals surface area contributed by atoms with E-state index in [1.807, 2.05) is 25.1 Å². The predicted octanol–water partition coefficient (Wildman–Crippen LogP) is 2.88. The molecule has 1 aromatic rings. The van der Waals surface area contributed by atoms with Gasteiger partial charge in [0.05, 0.1) is 12.3 Å². The molecule has 0 aliphatic heterocycles. The quantitative estimate of drug-likeness (QED) is 0.558. The molecule has 0 aliphatic rings. The maximum atomic E-state index is 5.78. The summed E-state index contributed by atoms with van der Waals surface area (Å²) in [7, 11) is 0. The summed E-state index contributed by atoms with van der Waals surface area (Å²) < 4.78 is 5.42. The van der Waals surface area contributed by atoms with E-state index in [4.69, 9.17) is 10.5 Å². The normalized spacial score (nSPS) is 10.0. The second-order valence-corrected chi connectivity index (χ2v) is 3.47. The number of ether oxygens (including phenoxy) is 1. The van der Waals surface area contributed by atoms with Gasteiger partial charge < -0.3 is 15.8 Å². The molecular weight excluding hydrogens is 188 g/mol. The van der Waals surface area contributed by atoms with Crippen LogP contribution in [0.25, 0.3) is 0 Å². The molecule has 3 heteroatoms. The van der Waals surface area contributed by atoms with Crippen LogP contribution in [0.15, 0.2) is 18.2 Å². The van der Waals surface area contributed by atoms with Crippen LogP contribution in [0.2, 0.25) is 0 Å². The molecule has 0 unspecified atom stereocenters. The molecule has 0 aliphatic carbocycles. The van der Waals surface area contributed by atoms with Crippen molar-refractivity contribution in [3.63, 3.8) is 0 Å². The maximum absolute atomic E-state index is 5.78. The van der Waals surface area contributed by atoms with Gasteiger partial charge in [-0.05, 0) is 25.5 Å². The minimum absolute atomic E-state index is 0.641. The number of anilines is 2. The zero-order valence-corrected chi connectivity index (χ0v) is 9.55. The maximum Gasteiger partial charge on any atom is 0.144 e. The van der Waals surface area contributed by atoms with Gasteiger partial charge in [-0.3, -0.25) is 0 Å². The molecule has 0 fully saturated rings. The zero-order chi connectivity index (χ0) is 11.1. The van der Waals surface area contributed by atoms with Crippen molar-refractivity contribution < 1.29 is 4.74 Å². The molecule has 84 valence electrons. The molecule has 1 aromatic carbocycles. The van der Waals surface area contributed by atoms with Gasteiger partial charge >= 0.3 is 0 Å². The zero-order valence-electron chi connectivity index (χ0n) is 9.55. The van der Waals surface area contributed by atoms with Crippen LogP contribution in [-0.4, -0.2) is 13.2 Å². The second kappa shape index (κ2) is 6.17. The van der Waals surface area contributed by atoms with Crippen LogP contribution in [0.4, 0.5) is 11.4 Å². The Balaban J connectivity index is 2.61. The van der Waals surface area contributed by atoms with Gasteiger partial charge in [0.15, 0.2) is 0 Å². The van der Waals surface area contributed by atoms with Crippen LogP contribution in [0, 0.1) is 0 Å². The first-order chi connectivity index (χ1) is 7.27. The molecule has 3 N–H and O–H groups in total. The fraction of sp³-hybridized carbons (Fsp3) is 0.500. The van der Waals surface area contributed by atoms with Crippen LogP contribution in [0.3, 0.4) is 0 Å². The monoisotopic (exact) mass is 208 g/mol. The highest BCUT2D eigenvalue weighted by Gasteiger charge is 2.00. The van der Waals surface area contributed by atoms with Gasteiger partial charge in [-0.15, -0.1) is 0 Å². The number of nitrogens with one attached hydrogen (secondary N) is 1. The predicted molar refractivity (Wildman–Crippen MR) is 65.4 cm³/mol. The number of nitrogens with two attached hydrogens (primary N) is 1. The summed E-state index contributed by atoms with van der Waals surface area (Å²) in [4.78, 5) is 0. The SMILES string of the molecule is CCCCNc1ccc(N)c(OCC)c1. The van der Waals surface area contributed by atoms with E-state index in [9.17, 15) is 0 Å². The molecule has 0 aromatic heterocycles. The van der Waals surface area contributed by atoms with Crippen LogP contribution >= 0.6 is 0 Å². The Labute approximate surface area is 91.6 Å². The summed E-state index contributed by atoms with van der Waals surface area (Å²) in [6, 6.07) is 5.81. The number of hydrogen-bond acceptors (Lipinski definition) is 3. The summed E-state index contributed by atoms with van der Waals surface area (Å²) in [6.07, 6.45) is 2.37. The van der Waals surface area contributed by atoms with E-state index >= 15 is 0 Å². The van der Waals surface area contributed by atoms with Crippen LogP contribution in [0.5, 0.6) is 5.75 Å². The molecule has 0 heterocycles. The van der Waals surface area contributed by atoms with Crippen LogP contribution in [-0.2, 0) is 0 Å².